The Labute approximate surface area is 134 Å². The monoisotopic (exact) mass is 363 g/mol. The van der Waals surface area contributed by atoms with Gasteiger partial charge in [0.1, 0.15) is 10.6 Å². The molecular weight excluding hydrogens is 346 g/mol. The second-order valence-corrected chi connectivity index (χ2v) is 7.81. The molecule has 0 aliphatic rings. The molecule has 0 radical (unpaired) electrons. The lowest BCUT2D eigenvalue weighted by Crippen LogP contribution is -2.02. The maximum atomic E-state index is 11.2. The topological polar surface area (TPSA) is 155 Å². The van der Waals surface area contributed by atoms with Crippen LogP contribution in [0.1, 0.15) is 11.1 Å². The van der Waals surface area contributed by atoms with E-state index in [4.69, 9.17) is 14.8 Å². The number of benzene rings is 2. The molecule has 0 amide bonds. The van der Waals surface area contributed by atoms with Crippen LogP contribution in [0.25, 0.3) is 10.8 Å². The van der Waals surface area contributed by atoms with E-state index in [1.807, 2.05) is 0 Å². The van der Waals surface area contributed by atoms with Gasteiger partial charge in [-0.05, 0) is 30.9 Å². The highest BCUT2D eigenvalue weighted by molar-refractivity contribution is 7.86. The predicted molar refractivity (Wildman–Crippen MR) is 86.8 cm³/mol. The van der Waals surface area contributed by atoms with E-state index in [-0.39, 0.29) is 16.2 Å². The summed E-state index contributed by atoms with van der Waals surface area (Å²) in [4.78, 5) is -0.309. The van der Waals surface area contributed by atoms with Crippen molar-refractivity contribution in [1.82, 2.24) is 0 Å². The van der Waals surface area contributed by atoms with Crippen LogP contribution >= 0.6 is 0 Å². The molecule has 0 aliphatic heterocycles. The number of fused-ring (bicyclic) bond motifs is 1. The summed E-state index contributed by atoms with van der Waals surface area (Å²) in [6.07, 6.45) is 0.715. The summed E-state index contributed by atoms with van der Waals surface area (Å²) >= 11 is 0. The zero-order valence-corrected chi connectivity index (χ0v) is 14.2. The maximum absolute atomic E-state index is 11.2. The van der Waals surface area contributed by atoms with Gasteiger partial charge in [-0.2, -0.15) is 16.8 Å². The Hall–Kier alpha value is -1.88. The first-order valence-corrected chi connectivity index (χ1v) is 9.43. The number of nitrogen functional groups attached to an aromatic ring is 1. The first-order chi connectivity index (χ1) is 10.2. The van der Waals surface area contributed by atoms with Crippen molar-refractivity contribution in [3.05, 3.63) is 29.3 Å². The van der Waals surface area contributed by atoms with Gasteiger partial charge in [0.15, 0.2) is 0 Å². The Balaban J connectivity index is 0.000000463. The highest BCUT2D eigenvalue weighted by atomic mass is 32.2. The lowest BCUT2D eigenvalue weighted by molar-refractivity contribution is 0.466. The molecule has 0 saturated heterocycles. The number of rotatable bonds is 1. The zero-order chi connectivity index (χ0) is 18.2. The molecule has 10 heteroatoms. The fourth-order valence-corrected chi connectivity index (χ4v) is 2.71. The molecule has 0 saturated carbocycles. The Bertz CT molecular complexity index is 956. The van der Waals surface area contributed by atoms with E-state index in [1.165, 1.54) is 13.0 Å². The van der Waals surface area contributed by atoms with Crippen LogP contribution in [0.4, 0.5) is 5.69 Å². The quantitative estimate of drug-likeness (QED) is 0.439. The van der Waals surface area contributed by atoms with Gasteiger partial charge >= 0.3 is 0 Å². The molecule has 23 heavy (non-hydrogen) atoms. The van der Waals surface area contributed by atoms with Gasteiger partial charge < -0.3 is 10.8 Å². The third-order valence-electron chi connectivity index (χ3n) is 3.02. The van der Waals surface area contributed by atoms with E-state index in [0.717, 1.165) is 5.56 Å². The number of phenolic OH excluding ortho intramolecular Hbond substituents is 1. The van der Waals surface area contributed by atoms with Gasteiger partial charge in [0.05, 0.1) is 6.26 Å². The second-order valence-electron chi connectivity index (χ2n) is 4.95. The number of hydrogen-bond donors (Lipinski definition) is 4. The minimum atomic E-state index is -4.37. The van der Waals surface area contributed by atoms with Crippen molar-refractivity contribution in [3.8, 4) is 5.75 Å². The molecule has 0 aliphatic carbocycles. The maximum Gasteiger partial charge on any atom is 0.294 e. The minimum Gasteiger partial charge on any atom is -0.507 e. The largest absolute Gasteiger partial charge is 0.507 e. The predicted octanol–water partition coefficient (Wildman–Crippen LogP) is 1.50. The average Bonchev–Trinajstić information content (AvgIpc) is 2.34. The van der Waals surface area contributed by atoms with Crippen molar-refractivity contribution >= 4 is 36.7 Å². The second kappa shape index (κ2) is 6.32. The summed E-state index contributed by atoms with van der Waals surface area (Å²) in [6.45, 7) is 3.21. The molecule has 0 bridgehead atoms. The summed E-state index contributed by atoms with van der Waals surface area (Å²) in [6, 6.07) is 4.67. The Kier molecular flexibility index (Phi) is 5.27. The Morgan fingerprint density at radius 2 is 1.52 bits per heavy atom. The third kappa shape index (κ3) is 4.79. The van der Waals surface area contributed by atoms with E-state index >= 15 is 0 Å². The summed E-state index contributed by atoms with van der Waals surface area (Å²) in [7, 11) is -8.04. The summed E-state index contributed by atoms with van der Waals surface area (Å²) in [5.41, 5.74) is 7.15. The molecule has 128 valence electrons. The van der Waals surface area contributed by atoms with E-state index in [0.29, 0.717) is 22.7 Å². The van der Waals surface area contributed by atoms with E-state index in [9.17, 15) is 21.9 Å². The van der Waals surface area contributed by atoms with Gasteiger partial charge in [-0.1, -0.05) is 12.1 Å². The Morgan fingerprint density at radius 3 is 1.96 bits per heavy atom. The molecule has 0 atom stereocenters. The molecule has 5 N–H and O–H groups in total. The molecule has 0 heterocycles. The van der Waals surface area contributed by atoms with Gasteiger partial charge in [0, 0.05) is 16.6 Å². The van der Waals surface area contributed by atoms with E-state index in [2.05, 4.69) is 0 Å². The molecule has 0 fully saturated rings. The smallest absolute Gasteiger partial charge is 0.294 e. The standard InChI is InChI=1S/C12H13NO4S.CH4O3S/c1-6-3-4-8-5-9(18(15,16)17)7(2)12(14)10(8)11(6)13;1-5(2,3)4/h3-5,14H,13H2,1-2H3,(H,15,16,17);1H3,(H,2,3,4). The Morgan fingerprint density at radius 1 is 1.04 bits per heavy atom. The lowest BCUT2D eigenvalue weighted by Gasteiger charge is -2.12. The van der Waals surface area contributed by atoms with Crippen molar-refractivity contribution in [2.45, 2.75) is 18.7 Å². The SMILES string of the molecule is CS(=O)(=O)O.Cc1ccc2cc(S(=O)(=O)O)c(C)c(O)c2c1N. The number of aryl methyl sites for hydroxylation is 1. The van der Waals surface area contributed by atoms with Gasteiger partial charge in [0.2, 0.25) is 0 Å². The van der Waals surface area contributed by atoms with Gasteiger partial charge in [0.25, 0.3) is 20.2 Å². The van der Waals surface area contributed by atoms with Crippen LogP contribution in [0.5, 0.6) is 5.75 Å². The third-order valence-corrected chi connectivity index (χ3v) is 4.00. The number of aromatic hydroxyl groups is 1. The van der Waals surface area contributed by atoms with E-state index < -0.39 is 20.2 Å². The number of anilines is 1. The van der Waals surface area contributed by atoms with Crippen LogP contribution in [0.3, 0.4) is 0 Å². The van der Waals surface area contributed by atoms with Crippen LogP contribution in [0.2, 0.25) is 0 Å². The van der Waals surface area contributed by atoms with Crippen molar-refractivity contribution in [3.63, 3.8) is 0 Å². The van der Waals surface area contributed by atoms with Crippen molar-refractivity contribution in [2.24, 2.45) is 0 Å². The zero-order valence-electron chi connectivity index (χ0n) is 12.6. The van der Waals surface area contributed by atoms with E-state index in [1.54, 1.807) is 19.1 Å². The molecule has 0 spiro atoms. The molecule has 0 unspecified atom stereocenters. The van der Waals surface area contributed by atoms with Crippen LogP contribution in [0.15, 0.2) is 23.1 Å². The molecule has 2 aromatic rings. The van der Waals surface area contributed by atoms with Gasteiger partial charge in [-0.15, -0.1) is 0 Å². The highest BCUT2D eigenvalue weighted by Gasteiger charge is 2.19. The van der Waals surface area contributed by atoms with Gasteiger partial charge in [-0.25, -0.2) is 0 Å². The summed E-state index contributed by atoms with van der Waals surface area (Å²) in [5.74, 6) is -0.221. The van der Waals surface area contributed by atoms with Crippen LogP contribution in [-0.4, -0.2) is 37.3 Å². The fourth-order valence-electron chi connectivity index (χ4n) is 1.95. The highest BCUT2D eigenvalue weighted by Crippen LogP contribution is 2.37. The molecule has 2 aromatic carbocycles. The van der Waals surface area contributed by atoms with Crippen molar-refractivity contribution in [1.29, 1.82) is 0 Å². The average molecular weight is 363 g/mol. The van der Waals surface area contributed by atoms with Crippen LogP contribution in [-0.2, 0) is 20.2 Å². The minimum absolute atomic E-state index is 0.0855. The first kappa shape index (κ1) is 19.2. The first-order valence-electron chi connectivity index (χ1n) is 6.14. The van der Waals surface area contributed by atoms with Crippen molar-refractivity contribution in [2.75, 3.05) is 12.0 Å². The van der Waals surface area contributed by atoms with Crippen molar-refractivity contribution < 1.29 is 31.0 Å². The van der Waals surface area contributed by atoms with Gasteiger partial charge in [-0.3, -0.25) is 9.11 Å². The number of phenols is 1. The lowest BCUT2D eigenvalue weighted by atomic mass is 10.0. The summed E-state index contributed by atoms with van der Waals surface area (Å²) < 4.78 is 57.4. The fraction of sp³-hybridized carbons (Fsp3) is 0.231. The normalized spacial score (nSPS) is 11.9. The van der Waals surface area contributed by atoms with Crippen LogP contribution < -0.4 is 5.73 Å². The summed E-state index contributed by atoms with van der Waals surface area (Å²) in [5, 5.41) is 10.9. The number of nitrogens with two attached hydrogens (primary N) is 1. The molecule has 8 nitrogen and oxygen atoms in total. The molecule has 2 rings (SSSR count). The molecular formula is C13H17NO7S2. The van der Waals surface area contributed by atoms with Crippen LogP contribution in [0, 0.1) is 13.8 Å². The molecule has 0 aromatic heterocycles. The number of hydrogen-bond acceptors (Lipinski definition) is 6.